The molecule has 0 radical (unpaired) electrons. The molecule has 1 aromatic carbocycles. The van der Waals surface area contributed by atoms with Crippen LogP contribution in [-0.2, 0) is 17.8 Å². The Bertz CT molecular complexity index is 852. The monoisotopic (exact) mass is 384 g/mol. The predicted octanol–water partition coefficient (Wildman–Crippen LogP) is 2.39. The summed E-state index contributed by atoms with van der Waals surface area (Å²) in [5.74, 6) is 0.721. The molecular formula is C21H25FN4O2. The van der Waals surface area contributed by atoms with Crippen LogP contribution in [0.5, 0.6) is 5.75 Å². The van der Waals surface area contributed by atoms with Crippen molar-refractivity contribution in [3.8, 4) is 5.75 Å². The molecule has 1 saturated heterocycles. The van der Waals surface area contributed by atoms with E-state index in [1.807, 2.05) is 6.20 Å². The van der Waals surface area contributed by atoms with E-state index >= 15 is 0 Å². The fourth-order valence-corrected chi connectivity index (χ4v) is 3.85. The second kappa shape index (κ2) is 8.22. The van der Waals surface area contributed by atoms with Gasteiger partial charge in [-0.15, -0.1) is 0 Å². The molecule has 0 spiro atoms. The summed E-state index contributed by atoms with van der Waals surface area (Å²) in [6.45, 7) is 3.08. The minimum atomic E-state index is -0.454. The molecule has 4 rings (SSSR count). The summed E-state index contributed by atoms with van der Waals surface area (Å²) in [7, 11) is 2.11. The minimum Gasteiger partial charge on any atom is -0.481 e. The van der Waals surface area contributed by atoms with Crippen LogP contribution >= 0.6 is 0 Å². The van der Waals surface area contributed by atoms with Gasteiger partial charge in [0.05, 0.1) is 0 Å². The number of amides is 1. The summed E-state index contributed by atoms with van der Waals surface area (Å²) >= 11 is 0. The smallest absolute Gasteiger partial charge is 0.260 e. The maximum absolute atomic E-state index is 13.6. The summed E-state index contributed by atoms with van der Waals surface area (Å²) in [5.41, 5.74) is 2.38. The van der Waals surface area contributed by atoms with Gasteiger partial charge in [-0.1, -0.05) is 12.1 Å². The lowest BCUT2D eigenvalue weighted by Crippen LogP contribution is -2.40. The molecule has 2 aliphatic heterocycles. The van der Waals surface area contributed by atoms with E-state index in [0.29, 0.717) is 13.1 Å². The van der Waals surface area contributed by atoms with Gasteiger partial charge < -0.3 is 14.5 Å². The summed E-state index contributed by atoms with van der Waals surface area (Å²) in [6, 6.07) is 6.13. The highest BCUT2D eigenvalue weighted by atomic mass is 19.1. The average molecular weight is 384 g/mol. The minimum absolute atomic E-state index is 0.110. The molecule has 6 nitrogen and oxygen atoms in total. The largest absolute Gasteiger partial charge is 0.481 e. The van der Waals surface area contributed by atoms with Gasteiger partial charge in [0.15, 0.2) is 18.2 Å². The van der Waals surface area contributed by atoms with Gasteiger partial charge in [-0.3, -0.25) is 4.79 Å². The number of para-hydroxylation sites is 1. The van der Waals surface area contributed by atoms with Gasteiger partial charge in [-0.05, 0) is 32.0 Å². The zero-order valence-corrected chi connectivity index (χ0v) is 16.1. The lowest BCUT2D eigenvalue weighted by molar-refractivity contribution is -0.134. The van der Waals surface area contributed by atoms with Crippen LogP contribution in [-0.4, -0.2) is 59.0 Å². The number of aromatic nitrogens is 2. The molecule has 0 N–H and O–H groups in total. The molecule has 1 aromatic heterocycles. The lowest BCUT2D eigenvalue weighted by atomic mass is 9.95. The molecule has 148 valence electrons. The third-order valence-corrected chi connectivity index (χ3v) is 5.54. The molecule has 0 aliphatic carbocycles. The van der Waals surface area contributed by atoms with Gasteiger partial charge in [-0.25, -0.2) is 14.4 Å². The number of ether oxygens (including phenoxy) is 1. The first kappa shape index (κ1) is 18.8. The van der Waals surface area contributed by atoms with Gasteiger partial charge in [0.25, 0.3) is 5.91 Å². The molecule has 0 atom stereocenters. The van der Waals surface area contributed by atoms with Crippen molar-refractivity contribution in [3.05, 3.63) is 53.4 Å². The first-order valence-corrected chi connectivity index (χ1v) is 9.78. The van der Waals surface area contributed by atoms with Crippen LogP contribution in [0.1, 0.15) is 35.8 Å². The second-order valence-corrected chi connectivity index (χ2v) is 7.56. The maximum atomic E-state index is 13.6. The summed E-state index contributed by atoms with van der Waals surface area (Å²) in [4.78, 5) is 25.9. The number of benzene rings is 1. The first-order chi connectivity index (χ1) is 13.6. The zero-order valence-electron chi connectivity index (χ0n) is 16.1. The molecule has 0 unspecified atom stereocenters. The average Bonchev–Trinajstić information content (AvgIpc) is 2.72. The molecule has 7 heteroatoms. The van der Waals surface area contributed by atoms with E-state index in [1.165, 1.54) is 23.4 Å². The Morgan fingerprint density at radius 3 is 2.82 bits per heavy atom. The third-order valence-electron chi connectivity index (χ3n) is 5.54. The van der Waals surface area contributed by atoms with E-state index in [-0.39, 0.29) is 24.2 Å². The number of carbonyl (C=O) groups is 1. The highest BCUT2D eigenvalue weighted by Gasteiger charge is 2.27. The van der Waals surface area contributed by atoms with E-state index in [1.54, 1.807) is 17.0 Å². The number of carbonyl (C=O) groups excluding carboxylic acids is 1. The second-order valence-electron chi connectivity index (χ2n) is 7.56. The Morgan fingerprint density at radius 1 is 1.25 bits per heavy atom. The molecule has 2 aliphatic rings. The molecule has 2 aromatic rings. The van der Waals surface area contributed by atoms with Gasteiger partial charge in [-0.2, -0.15) is 0 Å². The number of piperidine rings is 1. The number of hydrogen-bond donors (Lipinski definition) is 0. The van der Waals surface area contributed by atoms with Crippen molar-refractivity contribution in [1.29, 1.82) is 0 Å². The Balaban J connectivity index is 1.31. The van der Waals surface area contributed by atoms with Gasteiger partial charge in [0.1, 0.15) is 5.82 Å². The van der Waals surface area contributed by atoms with E-state index < -0.39 is 5.82 Å². The topological polar surface area (TPSA) is 58.6 Å². The van der Waals surface area contributed by atoms with Crippen LogP contribution in [0.2, 0.25) is 0 Å². The van der Waals surface area contributed by atoms with E-state index in [0.717, 1.165) is 38.2 Å². The Kier molecular flexibility index (Phi) is 5.52. The van der Waals surface area contributed by atoms with E-state index in [9.17, 15) is 9.18 Å². The number of hydrogen-bond acceptors (Lipinski definition) is 5. The normalized spacial score (nSPS) is 18.0. The fraction of sp³-hybridized carbons (Fsp3) is 0.476. The SMILES string of the molecule is CN1CCc2nc(C3CCN(C(=O)COc4ccccc4F)CC3)ncc2C1. The Morgan fingerprint density at radius 2 is 2.04 bits per heavy atom. The summed E-state index contributed by atoms with van der Waals surface area (Å²) < 4.78 is 18.9. The van der Waals surface area contributed by atoms with Crippen molar-refractivity contribution in [2.75, 3.05) is 33.3 Å². The number of rotatable bonds is 4. The summed E-state index contributed by atoms with van der Waals surface area (Å²) in [5, 5.41) is 0. The van der Waals surface area contributed by atoms with Crippen LogP contribution in [0, 0.1) is 5.82 Å². The van der Waals surface area contributed by atoms with E-state index in [2.05, 4.69) is 16.9 Å². The fourth-order valence-electron chi connectivity index (χ4n) is 3.85. The Labute approximate surface area is 164 Å². The van der Waals surface area contributed by atoms with Crippen LogP contribution in [0.4, 0.5) is 4.39 Å². The van der Waals surface area contributed by atoms with Crippen LogP contribution < -0.4 is 4.74 Å². The number of likely N-dealkylation sites (N-methyl/N-ethyl adjacent to an activating group) is 1. The highest BCUT2D eigenvalue weighted by molar-refractivity contribution is 5.77. The van der Waals surface area contributed by atoms with Crippen LogP contribution in [0.3, 0.4) is 0 Å². The maximum Gasteiger partial charge on any atom is 0.260 e. The number of halogens is 1. The third kappa shape index (κ3) is 4.14. The van der Waals surface area contributed by atoms with Crippen LogP contribution in [0.15, 0.2) is 30.5 Å². The molecule has 1 fully saturated rings. The number of likely N-dealkylation sites (tertiary alicyclic amines) is 1. The van der Waals surface area contributed by atoms with Crippen molar-refractivity contribution in [2.24, 2.45) is 0 Å². The Hall–Kier alpha value is -2.54. The van der Waals surface area contributed by atoms with Gasteiger partial charge in [0, 0.05) is 56.0 Å². The van der Waals surface area contributed by atoms with Crippen molar-refractivity contribution in [1.82, 2.24) is 19.8 Å². The van der Waals surface area contributed by atoms with Crippen LogP contribution in [0.25, 0.3) is 0 Å². The van der Waals surface area contributed by atoms with E-state index in [4.69, 9.17) is 9.72 Å². The molecule has 1 amide bonds. The number of fused-ring (bicyclic) bond motifs is 1. The highest BCUT2D eigenvalue weighted by Crippen LogP contribution is 2.27. The van der Waals surface area contributed by atoms with Crippen molar-refractivity contribution in [2.45, 2.75) is 31.7 Å². The summed E-state index contributed by atoms with van der Waals surface area (Å²) in [6.07, 6.45) is 4.60. The molecule has 0 saturated carbocycles. The molecule has 28 heavy (non-hydrogen) atoms. The van der Waals surface area contributed by atoms with Crippen molar-refractivity contribution < 1.29 is 13.9 Å². The lowest BCUT2D eigenvalue weighted by Gasteiger charge is -2.32. The predicted molar refractivity (Wildman–Crippen MR) is 103 cm³/mol. The molecule has 0 bridgehead atoms. The van der Waals surface area contributed by atoms with Crippen molar-refractivity contribution >= 4 is 5.91 Å². The van der Waals surface area contributed by atoms with Gasteiger partial charge in [0.2, 0.25) is 0 Å². The first-order valence-electron chi connectivity index (χ1n) is 9.78. The number of nitrogens with zero attached hydrogens (tertiary/aromatic N) is 4. The zero-order chi connectivity index (χ0) is 19.5. The standard InChI is InChI=1S/C21H25FN4O2/c1-25-9-8-18-16(13-25)12-23-21(24-18)15-6-10-26(11-7-15)20(27)14-28-19-5-3-2-4-17(19)22/h2-5,12,15H,6-11,13-14H2,1H3. The quantitative estimate of drug-likeness (QED) is 0.810. The molecule has 3 heterocycles. The van der Waals surface area contributed by atoms with Gasteiger partial charge >= 0.3 is 0 Å². The molecular weight excluding hydrogens is 359 g/mol. The van der Waals surface area contributed by atoms with Crippen molar-refractivity contribution in [3.63, 3.8) is 0 Å².